The Labute approximate surface area is 164 Å². The summed E-state index contributed by atoms with van der Waals surface area (Å²) in [6, 6.07) is 12.5. The molecule has 5 nitrogen and oxygen atoms in total. The van der Waals surface area contributed by atoms with Crippen molar-refractivity contribution in [3.63, 3.8) is 0 Å². The van der Waals surface area contributed by atoms with E-state index in [0.717, 1.165) is 36.9 Å². The van der Waals surface area contributed by atoms with Gasteiger partial charge in [-0.2, -0.15) is 0 Å². The predicted octanol–water partition coefficient (Wildman–Crippen LogP) is 3.73. The highest BCUT2D eigenvalue weighted by Crippen LogP contribution is 2.23. The van der Waals surface area contributed by atoms with Crippen molar-refractivity contribution in [2.45, 2.75) is 38.1 Å². The lowest BCUT2D eigenvalue weighted by molar-refractivity contribution is -0.136. The molecule has 6 heteroatoms. The third-order valence-electron chi connectivity index (χ3n) is 4.73. The summed E-state index contributed by atoms with van der Waals surface area (Å²) in [4.78, 5) is 31.1. The van der Waals surface area contributed by atoms with Crippen LogP contribution in [-0.2, 0) is 9.59 Å². The van der Waals surface area contributed by atoms with Gasteiger partial charge in [0.25, 0.3) is 0 Å². The molecular formula is C21H24ClN3O2. The van der Waals surface area contributed by atoms with E-state index in [0.29, 0.717) is 18.0 Å². The molecule has 1 aromatic carbocycles. The summed E-state index contributed by atoms with van der Waals surface area (Å²) in [7, 11) is 0. The van der Waals surface area contributed by atoms with Crippen LogP contribution in [0.1, 0.15) is 49.4 Å². The number of hydrogen-bond acceptors (Lipinski definition) is 3. The molecule has 0 aliphatic carbocycles. The number of carbonyl (C=O) groups is 2. The number of aromatic nitrogens is 1. The second kappa shape index (κ2) is 9.51. The first kappa shape index (κ1) is 19.4. The Hall–Kier alpha value is -2.40. The maximum Gasteiger partial charge on any atom is 0.240 e. The van der Waals surface area contributed by atoms with E-state index in [1.54, 1.807) is 17.2 Å². The molecule has 1 saturated heterocycles. The van der Waals surface area contributed by atoms with Gasteiger partial charge in [-0.3, -0.25) is 14.6 Å². The fourth-order valence-electron chi connectivity index (χ4n) is 3.32. The van der Waals surface area contributed by atoms with Crippen LogP contribution in [0.4, 0.5) is 0 Å². The molecule has 0 radical (unpaired) electrons. The largest absolute Gasteiger partial charge is 0.342 e. The van der Waals surface area contributed by atoms with Crippen LogP contribution in [0.3, 0.4) is 0 Å². The molecule has 27 heavy (non-hydrogen) atoms. The van der Waals surface area contributed by atoms with Crippen molar-refractivity contribution < 1.29 is 9.59 Å². The minimum absolute atomic E-state index is 0.0574. The first-order valence-electron chi connectivity index (χ1n) is 9.37. The zero-order valence-corrected chi connectivity index (χ0v) is 16.0. The standard InChI is InChI=1S/C21H24ClN3O2/c22-17-9-7-8-16(14-17)21(18-10-4-5-12-23-18)24-19(26)15-25-13-6-2-1-3-11-20(25)27/h4-5,7-10,12,14,21H,1-3,6,11,13,15H2,(H,24,26). The summed E-state index contributed by atoms with van der Waals surface area (Å²) < 4.78 is 0. The summed E-state index contributed by atoms with van der Waals surface area (Å²) in [5.74, 6) is -0.137. The molecule has 2 amide bonds. The van der Waals surface area contributed by atoms with E-state index in [2.05, 4.69) is 10.3 Å². The van der Waals surface area contributed by atoms with E-state index in [1.807, 2.05) is 36.4 Å². The van der Waals surface area contributed by atoms with E-state index in [9.17, 15) is 9.59 Å². The van der Waals surface area contributed by atoms with E-state index in [4.69, 9.17) is 11.6 Å². The lowest BCUT2D eigenvalue weighted by Crippen LogP contribution is -2.43. The summed E-state index contributed by atoms with van der Waals surface area (Å²) in [5, 5.41) is 3.63. The Morgan fingerprint density at radius 1 is 1.15 bits per heavy atom. The van der Waals surface area contributed by atoms with E-state index < -0.39 is 6.04 Å². The summed E-state index contributed by atoms with van der Waals surface area (Å²) >= 11 is 6.14. The normalized spacial score (nSPS) is 16.3. The third-order valence-corrected chi connectivity index (χ3v) is 4.96. The Kier molecular flexibility index (Phi) is 6.82. The monoisotopic (exact) mass is 385 g/mol. The number of halogens is 1. The molecule has 1 atom stereocenters. The lowest BCUT2D eigenvalue weighted by atomic mass is 10.0. The van der Waals surface area contributed by atoms with Gasteiger partial charge in [-0.1, -0.05) is 42.6 Å². The molecule has 1 aliphatic rings. The summed E-state index contributed by atoms with van der Waals surface area (Å²) in [6.45, 7) is 0.709. The van der Waals surface area contributed by atoms with Gasteiger partial charge in [-0.15, -0.1) is 0 Å². The van der Waals surface area contributed by atoms with E-state index in [-0.39, 0.29) is 18.4 Å². The maximum atomic E-state index is 12.7. The van der Waals surface area contributed by atoms with Gasteiger partial charge in [0.05, 0.1) is 18.3 Å². The minimum atomic E-state index is -0.415. The molecule has 3 rings (SSSR count). The van der Waals surface area contributed by atoms with Gasteiger partial charge in [0.1, 0.15) is 0 Å². The van der Waals surface area contributed by atoms with E-state index >= 15 is 0 Å². The lowest BCUT2D eigenvalue weighted by Gasteiger charge is -2.26. The van der Waals surface area contributed by atoms with Crippen molar-refractivity contribution in [1.29, 1.82) is 0 Å². The molecule has 0 saturated carbocycles. The predicted molar refractivity (Wildman–Crippen MR) is 105 cm³/mol. The molecule has 1 N–H and O–H groups in total. The van der Waals surface area contributed by atoms with Crippen molar-refractivity contribution >= 4 is 23.4 Å². The van der Waals surface area contributed by atoms with Crippen LogP contribution in [0, 0.1) is 0 Å². The Balaban J connectivity index is 1.75. The third kappa shape index (κ3) is 5.54. The van der Waals surface area contributed by atoms with Crippen LogP contribution in [0.15, 0.2) is 48.7 Å². The highest BCUT2D eigenvalue weighted by Gasteiger charge is 2.22. The second-order valence-electron chi connectivity index (χ2n) is 6.79. The number of nitrogens with one attached hydrogen (secondary N) is 1. The van der Waals surface area contributed by atoms with Gasteiger partial charge in [0, 0.05) is 24.2 Å². The maximum absolute atomic E-state index is 12.7. The molecular weight excluding hydrogens is 362 g/mol. The average molecular weight is 386 g/mol. The van der Waals surface area contributed by atoms with Gasteiger partial charge < -0.3 is 10.2 Å². The van der Waals surface area contributed by atoms with Crippen molar-refractivity contribution in [3.8, 4) is 0 Å². The van der Waals surface area contributed by atoms with Crippen LogP contribution >= 0.6 is 11.6 Å². The van der Waals surface area contributed by atoms with Crippen LogP contribution in [-0.4, -0.2) is 34.8 Å². The minimum Gasteiger partial charge on any atom is -0.342 e. The topological polar surface area (TPSA) is 62.3 Å². The number of amides is 2. The SMILES string of the molecule is O=C(CN1CCCCCCC1=O)NC(c1cccc(Cl)c1)c1ccccn1. The van der Waals surface area contributed by atoms with Gasteiger partial charge >= 0.3 is 0 Å². The quantitative estimate of drug-likeness (QED) is 0.852. The van der Waals surface area contributed by atoms with Crippen molar-refractivity contribution in [2.24, 2.45) is 0 Å². The zero-order valence-electron chi connectivity index (χ0n) is 15.2. The van der Waals surface area contributed by atoms with Crippen molar-refractivity contribution in [1.82, 2.24) is 15.2 Å². The first-order valence-corrected chi connectivity index (χ1v) is 9.75. The van der Waals surface area contributed by atoms with Gasteiger partial charge in [-0.05, 0) is 42.7 Å². The second-order valence-corrected chi connectivity index (χ2v) is 7.23. The molecule has 142 valence electrons. The molecule has 0 spiro atoms. The Morgan fingerprint density at radius 3 is 2.78 bits per heavy atom. The van der Waals surface area contributed by atoms with Crippen molar-refractivity contribution in [2.75, 3.05) is 13.1 Å². The highest BCUT2D eigenvalue weighted by atomic mass is 35.5. The van der Waals surface area contributed by atoms with Crippen LogP contribution in [0.5, 0.6) is 0 Å². The van der Waals surface area contributed by atoms with Crippen molar-refractivity contribution in [3.05, 3.63) is 64.9 Å². The zero-order chi connectivity index (χ0) is 19.1. The smallest absolute Gasteiger partial charge is 0.240 e. The number of nitrogens with zero attached hydrogens (tertiary/aromatic N) is 2. The number of likely N-dealkylation sites (tertiary alicyclic amines) is 1. The summed E-state index contributed by atoms with van der Waals surface area (Å²) in [5.41, 5.74) is 1.58. The van der Waals surface area contributed by atoms with Gasteiger partial charge in [-0.25, -0.2) is 0 Å². The van der Waals surface area contributed by atoms with Crippen LogP contribution in [0.2, 0.25) is 5.02 Å². The number of carbonyl (C=O) groups excluding carboxylic acids is 2. The highest BCUT2D eigenvalue weighted by molar-refractivity contribution is 6.30. The van der Waals surface area contributed by atoms with Gasteiger partial charge in [0.2, 0.25) is 11.8 Å². The number of rotatable bonds is 5. The number of pyridine rings is 1. The molecule has 1 aliphatic heterocycles. The number of benzene rings is 1. The molecule has 0 bridgehead atoms. The fraction of sp³-hybridized carbons (Fsp3) is 0.381. The Morgan fingerprint density at radius 2 is 2.00 bits per heavy atom. The van der Waals surface area contributed by atoms with Crippen LogP contribution < -0.4 is 5.32 Å². The molecule has 2 aromatic rings. The molecule has 1 unspecified atom stereocenters. The Bertz CT molecular complexity index is 782. The molecule has 1 fully saturated rings. The molecule has 2 heterocycles. The fourth-order valence-corrected chi connectivity index (χ4v) is 3.52. The summed E-state index contributed by atoms with van der Waals surface area (Å²) in [6.07, 6.45) is 6.24. The van der Waals surface area contributed by atoms with E-state index in [1.165, 1.54) is 0 Å². The van der Waals surface area contributed by atoms with Gasteiger partial charge in [0.15, 0.2) is 0 Å². The molecule has 1 aromatic heterocycles. The number of hydrogen-bond donors (Lipinski definition) is 1. The van der Waals surface area contributed by atoms with Crippen LogP contribution in [0.25, 0.3) is 0 Å². The average Bonchev–Trinajstić information content (AvgIpc) is 2.66. The first-order chi connectivity index (χ1) is 13.1.